The lowest BCUT2D eigenvalue weighted by Gasteiger charge is -2.37. The molecule has 2 aliphatic heterocycles. The molecule has 21 heteroatoms. The second kappa shape index (κ2) is 35.6. The van der Waals surface area contributed by atoms with Crippen LogP contribution in [-0.4, -0.2) is 143 Å². The number of likely N-dealkylation sites (tertiary alicyclic amines) is 2. The molecule has 0 radical (unpaired) electrons. The lowest BCUT2D eigenvalue weighted by atomic mass is 9.91. The van der Waals surface area contributed by atoms with E-state index in [-0.39, 0.29) is 43.8 Å². The van der Waals surface area contributed by atoms with Crippen LogP contribution in [0.3, 0.4) is 0 Å². The van der Waals surface area contributed by atoms with Crippen LogP contribution in [0.15, 0.2) is 122 Å². The molecule has 0 unspecified atom stereocenters. The number of esters is 2. The smallest absolute Gasteiger partial charge is 0.329 e. The van der Waals surface area contributed by atoms with E-state index in [1.807, 2.05) is 50.2 Å². The number of nitrogens with one attached hydrogen (secondary N) is 1. The minimum Gasteiger partial charge on any atom is -0.493 e. The lowest BCUT2D eigenvalue weighted by Crippen LogP contribution is -2.50. The van der Waals surface area contributed by atoms with Crippen molar-refractivity contribution in [2.45, 2.75) is 140 Å². The first-order chi connectivity index (χ1) is 45.7. The molecule has 6 atom stereocenters. The van der Waals surface area contributed by atoms with E-state index < -0.39 is 54.0 Å². The highest BCUT2D eigenvalue weighted by molar-refractivity contribution is 5.90. The molecular weight excluding hydrogens is 1200 g/mol. The fourth-order valence-electron chi connectivity index (χ4n) is 12.3. The SMILES string of the molecule is CC[C@H](C(=O)N1CCCC[C@H]1C(=O)O[C@H](CCc1cccnc1)c1cccc(OCC(=O)CCCNC(=O)COc2cccc([C@@H](CCc3cccnc3)OC(=O)[C@@H]3CCCCN3C(=O)[C@@H](CC)c3cc(OC)c(OC)c(OC)c3)c2)c1)c1cc(OC)c(OC)c(OC)c1. The monoisotopic (exact) mass is 1290 g/mol. The van der Waals surface area contributed by atoms with Gasteiger partial charge in [-0.25, -0.2) is 9.59 Å². The van der Waals surface area contributed by atoms with Crippen LogP contribution < -0.4 is 43.2 Å². The number of nitrogens with zero attached hydrogens (tertiary/aromatic N) is 4. The van der Waals surface area contributed by atoms with E-state index in [0.717, 1.165) is 36.8 Å². The quantitative estimate of drug-likeness (QED) is 0.0292. The first kappa shape index (κ1) is 70.5. The van der Waals surface area contributed by atoms with Gasteiger partial charge in [0.25, 0.3) is 5.91 Å². The van der Waals surface area contributed by atoms with Crippen LogP contribution >= 0.6 is 0 Å². The number of aryl methyl sites for hydroxylation is 2. The van der Waals surface area contributed by atoms with E-state index >= 15 is 0 Å². The number of methoxy groups -OCH3 is 6. The summed E-state index contributed by atoms with van der Waals surface area (Å²) in [5.41, 5.74) is 4.57. The molecule has 6 aromatic rings. The van der Waals surface area contributed by atoms with Crippen molar-refractivity contribution < 1.29 is 76.1 Å². The number of pyridine rings is 2. The number of rotatable bonds is 34. The van der Waals surface area contributed by atoms with Crippen LogP contribution in [-0.2, 0) is 51.1 Å². The Labute approximate surface area is 551 Å². The number of hydrogen-bond donors (Lipinski definition) is 1. The number of ketones is 1. The maximum Gasteiger partial charge on any atom is 0.329 e. The Morgan fingerprint density at radius 2 is 0.957 bits per heavy atom. The number of benzene rings is 4. The van der Waals surface area contributed by atoms with Crippen LogP contribution in [0.2, 0.25) is 0 Å². The van der Waals surface area contributed by atoms with Gasteiger partial charge in [-0.15, -0.1) is 0 Å². The summed E-state index contributed by atoms with van der Waals surface area (Å²) < 4.78 is 58.3. The third-order valence-corrected chi connectivity index (χ3v) is 17.2. The van der Waals surface area contributed by atoms with Gasteiger partial charge in [0.2, 0.25) is 23.3 Å². The molecule has 4 heterocycles. The summed E-state index contributed by atoms with van der Waals surface area (Å²) in [6, 6.07) is 27.3. The zero-order valence-corrected chi connectivity index (χ0v) is 55.3. The Balaban J connectivity index is 0.846. The Bertz CT molecular complexity index is 3200. The summed E-state index contributed by atoms with van der Waals surface area (Å²) in [5.74, 6) is 0.131. The van der Waals surface area contributed by atoms with Gasteiger partial charge in [0.15, 0.2) is 35.4 Å². The van der Waals surface area contributed by atoms with Gasteiger partial charge in [-0.1, -0.05) is 50.2 Å². The van der Waals surface area contributed by atoms with Crippen molar-refractivity contribution in [3.63, 3.8) is 0 Å². The number of carbonyl (C=O) groups is 6. The predicted octanol–water partition coefficient (Wildman–Crippen LogP) is 11.0. The summed E-state index contributed by atoms with van der Waals surface area (Å²) in [5, 5.41) is 2.83. The molecule has 4 aromatic carbocycles. The third-order valence-electron chi connectivity index (χ3n) is 17.2. The van der Waals surface area contributed by atoms with Gasteiger partial charge in [-0.3, -0.25) is 29.1 Å². The molecule has 8 rings (SSSR count). The summed E-state index contributed by atoms with van der Waals surface area (Å²) >= 11 is 0. The molecule has 94 heavy (non-hydrogen) atoms. The Morgan fingerprint density at radius 1 is 0.521 bits per heavy atom. The molecule has 502 valence electrons. The zero-order valence-electron chi connectivity index (χ0n) is 55.3. The summed E-state index contributed by atoms with van der Waals surface area (Å²) in [4.78, 5) is 96.2. The van der Waals surface area contributed by atoms with E-state index in [1.54, 1.807) is 95.3 Å². The van der Waals surface area contributed by atoms with Gasteiger partial charge >= 0.3 is 11.9 Å². The molecule has 0 bridgehead atoms. The molecule has 1 N–H and O–H groups in total. The molecular formula is C73H89N5O16. The number of Topliss-reactive ketones (excluding diaryl/α,β-unsaturated/α-hetero) is 1. The molecule has 2 aromatic heterocycles. The average molecular weight is 1290 g/mol. The molecule has 0 saturated carbocycles. The lowest BCUT2D eigenvalue weighted by molar-refractivity contribution is -0.162. The molecule has 2 saturated heterocycles. The second-order valence-corrected chi connectivity index (χ2v) is 23.3. The molecule has 2 fully saturated rings. The standard InChI is InChI=1S/C73H89N5O16/c1-9-57(52-40-63(85-3)68(89-7)64(41-52)86-4)70(81)77-36-13-11-27-59(77)72(83)93-61(31-29-48-20-17-33-74-44-48)50-22-15-25-55(38-50)91-46-54(79)24-19-35-76-67(80)47-92-56-26-16-23-51(39-56)62(32-30-49-21-18-34-75-45-49)94-73(84)60-28-12-14-37-78(60)71(82)58(10-2)53-42-65(87-5)69(90-8)66(43-53)88-6/h15-18,20-23,25-26,33-34,38-45,57-62H,9-14,19,24,27-32,35-37,46-47H2,1-8H3,(H,76,80)/t57-,58-,59-,60-,61+,62+/m0/s1. The van der Waals surface area contributed by atoms with Crippen molar-refractivity contribution in [1.82, 2.24) is 25.1 Å². The summed E-state index contributed by atoms with van der Waals surface area (Å²) in [6.45, 7) is 4.29. The summed E-state index contributed by atoms with van der Waals surface area (Å²) in [7, 11) is 9.14. The minimum atomic E-state index is -0.820. The number of amides is 3. The van der Waals surface area contributed by atoms with Gasteiger partial charge in [-0.2, -0.15) is 0 Å². The Kier molecular flexibility index (Phi) is 26.7. The average Bonchev–Trinajstić information content (AvgIpc) is 0.814. The van der Waals surface area contributed by atoms with E-state index in [0.29, 0.717) is 139 Å². The fourth-order valence-corrected chi connectivity index (χ4v) is 12.3. The van der Waals surface area contributed by atoms with Gasteiger partial charge in [0.1, 0.15) is 42.4 Å². The first-order valence-corrected chi connectivity index (χ1v) is 32.4. The first-order valence-electron chi connectivity index (χ1n) is 32.4. The largest absolute Gasteiger partial charge is 0.493 e. The van der Waals surface area contributed by atoms with Crippen LogP contribution in [0.5, 0.6) is 46.0 Å². The molecule has 0 spiro atoms. The second-order valence-electron chi connectivity index (χ2n) is 23.3. The maximum atomic E-state index is 14.5. The van der Waals surface area contributed by atoms with Crippen LogP contribution in [0.4, 0.5) is 0 Å². The number of aromatic nitrogens is 2. The number of hydrogen-bond acceptors (Lipinski definition) is 18. The molecule has 21 nitrogen and oxygen atoms in total. The third kappa shape index (κ3) is 18.7. The molecule has 3 amide bonds. The topological polar surface area (TPSA) is 239 Å². The van der Waals surface area contributed by atoms with Crippen molar-refractivity contribution in [1.29, 1.82) is 0 Å². The van der Waals surface area contributed by atoms with Gasteiger partial charge in [0, 0.05) is 50.8 Å². The van der Waals surface area contributed by atoms with Crippen molar-refractivity contribution >= 4 is 35.4 Å². The van der Waals surface area contributed by atoms with Gasteiger partial charge in [0.05, 0.1) is 54.5 Å². The Hall–Kier alpha value is -9.40. The van der Waals surface area contributed by atoms with Crippen molar-refractivity contribution in [2.24, 2.45) is 0 Å². The van der Waals surface area contributed by atoms with E-state index in [9.17, 15) is 28.8 Å². The fraction of sp³-hybridized carbons (Fsp3) is 0.452. The molecule has 2 aliphatic rings. The Morgan fingerprint density at radius 3 is 1.35 bits per heavy atom. The van der Waals surface area contributed by atoms with Crippen LogP contribution in [0.1, 0.15) is 148 Å². The van der Waals surface area contributed by atoms with Crippen LogP contribution in [0.25, 0.3) is 0 Å². The predicted molar refractivity (Wildman–Crippen MR) is 351 cm³/mol. The van der Waals surface area contributed by atoms with E-state index in [2.05, 4.69) is 15.3 Å². The highest BCUT2D eigenvalue weighted by Crippen LogP contribution is 2.44. The van der Waals surface area contributed by atoms with Crippen molar-refractivity contribution in [3.8, 4) is 46.0 Å². The zero-order chi connectivity index (χ0) is 66.9. The van der Waals surface area contributed by atoms with E-state index in [1.165, 1.54) is 42.7 Å². The highest BCUT2D eigenvalue weighted by atomic mass is 16.6. The van der Waals surface area contributed by atoms with Crippen molar-refractivity contribution in [3.05, 3.63) is 155 Å². The summed E-state index contributed by atoms with van der Waals surface area (Å²) in [6.07, 6.45) is 12.6. The highest BCUT2D eigenvalue weighted by Gasteiger charge is 2.40. The van der Waals surface area contributed by atoms with Crippen LogP contribution in [0, 0.1) is 0 Å². The maximum absolute atomic E-state index is 14.5. The van der Waals surface area contributed by atoms with Crippen molar-refractivity contribution in [2.75, 3.05) is 75.5 Å². The normalized spacial score (nSPS) is 15.8. The number of carbonyl (C=O) groups excluding carboxylic acids is 6. The number of ether oxygens (including phenoxy) is 10. The molecule has 0 aliphatic carbocycles. The number of piperidine rings is 2. The van der Waals surface area contributed by atoms with E-state index in [4.69, 9.17) is 47.4 Å². The minimum absolute atomic E-state index is 0.127. The van der Waals surface area contributed by atoms with Gasteiger partial charge < -0.3 is 62.5 Å². The van der Waals surface area contributed by atoms with Gasteiger partial charge in [-0.05, 0) is 178 Å².